The van der Waals surface area contributed by atoms with Gasteiger partial charge in [-0.1, -0.05) is 23.2 Å². The number of amides is 1. The smallest absolute Gasteiger partial charge is 0.252 e. The van der Waals surface area contributed by atoms with Crippen molar-refractivity contribution < 1.29 is 9.53 Å². The van der Waals surface area contributed by atoms with Gasteiger partial charge in [0.15, 0.2) is 0 Å². The van der Waals surface area contributed by atoms with E-state index in [1.807, 2.05) is 16.8 Å². The van der Waals surface area contributed by atoms with Crippen molar-refractivity contribution in [1.29, 1.82) is 0 Å². The minimum atomic E-state index is -0.269. The third kappa shape index (κ3) is 3.73. The number of nitrogens with one attached hydrogen (secondary N) is 1. The van der Waals surface area contributed by atoms with E-state index in [0.717, 1.165) is 5.56 Å². The fourth-order valence-corrected chi connectivity index (χ4v) is 2.82. The molecule has 0 unspecified atom stereocenters. The summed E-state index contributed by atoms with van der Waals surface area (Å²) in [4.78, 5) is 12.1. The van der Waals surface area contributed by atoms with Crippen molar-refractivity contribution in [3.63, 3.8) is 0 Å². The molecule has 1 N–H and O–H groups in total. The summed E-state index contributed by atoms with van der Waals surface area (Å²) in [6.45, 7) is 0.370. The summed E-state index contributed by atoms with van der Waals surface area (Å²) in [6, 6.07) is 6.76. The van der Waals surface area contributed by atoms with E-state index in [0.29, 0.717) is 22.2 Å². The van der Waals surface area contributed by atoms with Crippen LogP contribution in [0.1, 0.15) is 22.0 Å². The Morgan fingerprint density at radius 3 is 2.85 bits per heavy atom. The highest BCUT2D eigenvalue weighted by Gasteiger charge is 2.15. The third-order valence-electron chi connectivity index (χ3n) is 2.82. The van der Waals surface area contributed by atoms with E-state index in [1.165, 1.54) is 0 Å². The van der Waals surface area contributed by atoms with Crippen molar-refractivity contribution in [2.75, 3.05) is 13.7 Å². The first-order valence-corrected chi connectivity index (χ1v) is 7.60. The van der Waals surface area contributed by atoms with E-state index in [4.69, 9.17) is 27.9 Å². The Balaban J connectivity index is 2.03. The molecule has 0 bridgehead atoms. The summed E-state index contributed by atoms with van der Waals surface area (Å²) in [5.41, 5.74) is 1.40. The lowest BCUT2D eigenvalue weighted by Crippen LogP contribution is -2.29. The van der Waals surface area contributed by atoms with Crippen molar-refractivity contribution in [3.05, 3.63) is 56.2 Å². The second-order valence-corrected chi connectivity index (χ2v) is 5.74. The number of carbonyl (C=O) groups is 1. The van der Waals surface area contributed by atoms with E-state index in [9.17, 15) is 4.79 Å². The number of carbonyl (C=O) groups excluding carboxylic acids is 1. The van der Waals surface area contributed by atoms with Gasteiger partial charge in [-0.2, -0.15) is 11.3 Å². The van der Waals surface area contributed by atoms with Crippen LogP contribution in [0, 0.1) is 0 Å². The van der Waals surface area contributed by atoms with Gasteiger partial charge in [0.25, 0.3) is 5.91 Å². The maximum Gasteiger partial charge on any atom is 0.252 e. The van der Waals surface area contributed by atoms with Crippen LogP contribution < -0.4 is 5.32 Å². The molecule has 20 heavy (non-hydrogen) atoms. The average Bonchev–Trinajstić information content (AvgIpc) is 2.96. The molecule has 1 aromatic carbocycles. The first-order valence-electron chi connectivity index (χ1n) is 5.90. The topological polar surface area (TPSA) is 38.3 Å². The number of hydrogen-bond donors (Lipinski definition) is 1. The Kier molecular flexibility index (Phi) is 5.43. The number of methoxy groups -OCH3 is 1. The molecule has 2 aromatic rings. The maximum atomic E-state index is 12.1. The maximum absolute atomic E-state index is 12.1. The standard InChI is InChI=1S/C14H13Cl2NO2S/c1-19-13(9-4-5-20-8-9)7-17-14(18)11-6-10(15)2-3-12(11)16/h2-6,8,13H,7H2,1H3,(H,17,18)/t13-/m1/s1. The van der Waals surface area contributed by atoms with Gasteiger partial charge in [0.1, 0.15) is 6.10 Å². The highest BCUT2D eigenvalue weighted by molar-refractivity contribution is 7.07. The number of benzene rings is 1. The molecule has 0 fully saturated rings. The van der Waals surface area contributed by atoms with Gasteiger partial charge in [-0.15, -0.1) is 0 Å². The lowest BCUT2D eigenvalue weighted by molar-refractivity contribution is 0.0829. The van der Waals surface area contributed by atoms with E-state index in [-0.39, 0.29) is 12.0 Å². The summed E-state index contributed by atoms with van der Waals surface area (Å²) in [7, 11) is 1.61. The zero-order chi connectivity index (χ0) is 14.5. The molecule has 1 atom stereocenters. The van der Waals surface area contributed by atoms with Crippen molar-refractivity contribution >= 4 is 40.4 Å². The average molecular weight is 330 g/mol. The first kappa shape index (κ1) is 15.3. The largest absolute Gasteiger partial charge is 0.375 e. The second-order valence-electron chi connectivity index (χ2n) is 4.12. The number of thiophene rings is 1. The highest BCUT2D eigenvalue weighted by atomic mass is 35.5. The second kappa shape index (κ2) is 7.09. The molecule has 0 aliphatic carbocycles. The van der Waals surface area contributed by atoms with E-state index < -0.39 is 0 Å². The van der Waals surface area contributed by atoms with Crippen LogP contribution in [0.5, 0.6) is 0 Å². The highest BCUT2D eigenvalue weighted by Crippen LogP contribution is 2.22. The molecule has 1 heterocycles. The molecule has 106 valence electrons. The summed E-state index contributed by atoms with van der Waals surface area (Å²) in [6.07, 6.45) is -0.178. The van der Waals surface area contributed by atoms with Crippen molar-refractivity contribution in [2.24, 2.45) is 0 Å². The van der Waals surface area contributed by atoms with Gasteiger partial charge in [-0.3, -0.25) is 4.79 Å². The molecular weight excluding hydrogens is 317 g/mol. The zero-order valence-electron chi connectivity index (χ0n) is 10.7. The molecule has 0 radical (unpaired) electrons. The Morgan fingerprint density at radius 2 is 2.20 bits per heavy atom. The van der Waals surface area contributed by atoms with Crippen LogP contribution in [0.4, 0.5) is 0 Å². The number of ether oxygens (including phenoxy) is 1. The lowest BCUT2D eigenvalue weighted by atomic mass is 10.1. The predicted octanol–water partition coefficient (Wildman–Crippen LogP) is 4.17. The Morgan fingerprint density at radius 1 is 1.40 bits per heavy atom. The molecule has 0 aliphatic rings. The zero-order valence-corrected chi connectivity index (χ0v) is 13.1. The number of halogens is 2. The normalized spacial score (nSPS) is 12.2. The molecule has 3 nitrogen and oxygen atoms in total. The lowest BCUT2D eigenvalue weighted by Gasteiger charge is -2.15. The summed E-state index contributed by atoms with van der Waals surface area (Å²) < 4.78 is 5.37. The molecular formula is C14H13Cl2NO2S. The Hall–Kier alpha value is -1.07. The quantitative estimate of drug-likeness (QED) is 0.893. The summed E-state index contributed by atoms with van der Waals surface area (Å²) >= 11 is 13.4. The molecule has 2 rings (SSSR count). The predicted molar refractivity (Wildman–Crippen MR) is 82.9 cm³/mol. The van der Waals surface area contributed by atoms with E-state index in [1.54, 1.807) is 36.6 Å². The van der Waals surface area contributed by atoms with Crippen LogP contribution in [0.25, 0.3) is 0 Å². The molecule has 1 aromatic heterocycles. The molecule has 0 aliphatic heterocycles. The van der Waals surface area contributed by atoms with Gasteiger partial charge in [0, 0.05) is 18.7 Å². The molecule has 0 saturated carbocycles. The van der Waals surface area contributed by atoms with Crippen LogP contribution in [-0.2, 0) is 4.74 Å². The van der Waals surface area contributed by atoms with Gasteiger partial charge in [0.2, 0.25) is 0 Å². The minimum absolute atomic E-state index is 0.178. The first-order chi connectivity index (χ1) is 9.61. The van der Waals surface area contributed by atoms with Crippen LogP contribution in [0.2, 0.25) is 10.0 Å². The third-order valence-corrected chi connectivity index (χ3v) is 4.09. The molecule has 0 spiro atoms. The SMILES string of the molecule is CO[C@H](CNC(=O)c1cc(Cl)ccc1Cl)c1ccsc1. The summed E-state index contributed by atoms with van der Waals surface area (Å²) in [5.74, 6) is -0.269. The van der Waals surface area contributed by atoms with Gasteiger partial charge in [-0.05, 0) is 40.6 Å². The number of hydrogen-bond acceptors (Lipinski definition) is 3. The number of rotatable bonds is 5. The van der Waals surface area contributed by atoms with Crippen LogP contribution in [-0.4, -0.2) is 19.6 Å². The van der Waals surface area contributed by atoms with Crippen molar-refractivity contribution in [1.82, 2.24) is 5.32 Å². The molecule has 6 heteroatoms. The van der Waals surface area contributed by atoms with Crippen LogP contribution in [0.15, 0.2) is 35.0 Å². The van der Waals surface area contributed by atoms with Crippen LogP contribution in [0.3, 0.4) is 0 Å². The molecule has 0 saturated heterocycles. The van der Waals surface area contributed by atoms with Gasteiger partial charge < -0.3 is 10.1 Å². The van der Waals surface area contributed by atoms with Gasteiger partial charge in [0.05, 0.1) is 10.6 Å². The van der Waals surface area contributed by atoms with E-state index in [2.05, 4.69) is 5.32 Å². The molecule has 1 amide bonds. The fourth-order valence-electron chi connectivity index (χ4n) is 1.75. The monoisotopic (exact) mass is 329 g/mol. The Bertz CT molecular complexity index is 587. The van der Waals surface area contributed by atoms with Gasteiger partial charge in [-0.25, -0.2) is 0 Å². The van der Waals surface area contributed by atoms with Crippen molar-refractivity contribution in [2.45, 2.75) is 6.10 Å². The Labute approximate surface area is 131 Å². The van der Waals surface area contributed by atoms with Crippen molar-refractivity contribution in [3.8, 4) is 0 Å². The van der Waals surface area contributed by atoms with E-state index >= 15 is 0 Å². The van der Waals surface area contributed by atoms with Gasteiger partial charge >= 0.3 is 0 Å². The fraction of sp³-hybridized carbons (Fsp3) is 0.214. The van der Waals surface area contributed by atoms with Crippen LogP contribution >= 0.6 is 34.5 Å². The summed E-state index contributed by atoms with van der Waals surface area (Å²) in [5, 5.41) is 7.61. The minimum Gasteiger partial charge on any atom is -0.375 e.